The molecular weight excluding hydrogens is 366 g/mol. The quantitative estimate of drug-likeness (QED) is 0.328. The fourth-order valence-electron chi connectivity index (χ4n) is 2.62. The van der Waals surface area contributed by atoms with E-state index in [2.05, 4.69) is 51.4 Å². The monoisotopic (exact) mass is 385 g/mol. The van der Waals surface area contributed by atoms with Crippen molar-refractivity contribution in [2.45, 2.75) is 20.8 Å². The fraction of sp³-hybridized carbons (Fsp3) is 0.136. The summed E-state index contributed by atoms with van der Waals surface area (Å²) in [4.78, 5) is 4.54. The van der Waals surface area contributed by atoms with Crippen LogP contribution >= 0.6 is 11.3 Å². The molecule has 0 saturated heterocycles. The van der Waals surface area contributed by atoms with Gasteiger partial charge >= 0.3 is 0 Å². The van der Waals surface area contributed by atoms with Crippen LogP contribution in [0, 0.1) is 20.8 Å². The Morgan fingerprint density at radius 1 is 0.643 bits per heavy atom. The summed E-state index contributed by atoms with van der Waals surface area (Å²) >= 11 is 1.54. The van der Waals surface area contributed by atoms with Crippen molar-refractivity contribution in [2.24, 2.45) is 20.5 Å². The zero-order chi connectivity index (χ0) is 19.5. The lowest BCUT2D eigenvalue weighted by Crippen LogP contribution is -1.78. The number of rotatable bonds is 4. The molecule has 0 aliphatic carbocycles. The van der Waals surface area contributed by atoms with Crippen LogP contribution in [0.5, 0.6) is 0 Å². The smallest absolute Gasteiger partial charge is 0.217 e. The fourth-order valence-corrected chi connectivity index (χ4v) is 3.49. The molecule has 3 aromatic carbocycles. The predicted octanol–water partition coefficient (Wildman–Crippen LogP) is 8.05. The number of benzene rings is 3. The molecule has 0 amide bonds. The molecule has 0 spiro atoms. The molecule has 0 radical (unpaired) electrons. The van der Waals surface area contributed by atoms with Gasteiger partial charge in [-0.15, -0.1) is 10.2 Å². The number of hydrogen-bond acceptors (Lipinski definition) is 6. The first-order chi connectivity index (χ1) is 13.6. The molecule has 0 unspecified atom stereocenters. The summed E-state index contributed by atoms with van der Waals surface area (Å²) in [6.07, 6.45) is 0. The maximum Gasteiger partial charge on any atom is 0.231 e. The third-order valence-corrected chi connectivity index (χ3v) is 5.31. The van der Waals surface area contributed by atoms with Gasteiger partial charge in [0.05, 0.1) is 27.3 Å². The molecule has 1 aromatic heterocycles. The summed E-state index contributed by atoms with van der Waals surface area (Å²) in [7, 11) is 0. The molecule has 0 N–H and O–H groups in total. The molecule has 4 rings (SSSR count). The Hall–Kier alpha value is -3.25. The van der Waals surface area contributed by atoms with Crippen molar-refractivity contribution >= 4 is 43.7 Å². The first-order valence-corrected chi connectivity index (χ1v) is 9.76. The largest absolute Gasteiger partial charge is 0.231 e. The van der Waals surface area contributed by atoms with Crippen molar-refractivity contribution in [1.29, 1.82) is 0 Å². The van der Waals surface area contributed by atoms with Crippen LogP contribution in [0.15, 0.2) is 81.1 Å². The zero-order valence-electron chi connectivity index (χ0n) is 15.9. The predicted molar refractivity (Wildman–Crippen MR) is 115 cm³/mol. The molecular formula is C22H19N5S. The standard InChI is InChI=1S/C22H19N5S/c1-14-4-6-17(7-5-14)24-25-18-8-10-19(11-9-18)26-27-22-23-20-12-15(2)16(3)13-21(20)28-22/h4-13H,1-3H3. The average molecular weight is 385 g/mol. The van der Waals surface area contributed by atoms with E-state index in [9.17, 15) is 0 Å². The number of hydrogen-bond donors (Lipinski definition) is 0. The van der Waals surface area contributed by atoms with Gasteiger partial charge in [-0.2, -0.15) is 10.2 Å². The van der Waals surface area contributed by atoms with E-state index in [-0.39, 0.29) is 0 Å². The van der Waals surface area contributed by atoms with Crippen LogP contribution in [0.4, 0.5) is 22.2 Å². The minimum absolute atomic E-state index is 0.656. The van der Waals surface area contributed by atoms with Gasteiger partial charge in [0.1, 0.15) is 0 Å². The molecule has 4 aromatic rings. The highest BCUT2D eigenvalue weighted by Crippen LogP contribution is 2.31. The molecule has 0 saturated carbocycles. The Kier molecular flexibility index (Phi) is 5.04. The lowest BCUT2D eigenvalue weighted by Gasteiger charge is -1.96. The van der Waals surface area contributed by atoms with Crippen LogP contribution in [0.3, 0.4) is 0 Å². The first-order valence-electron chi connectivity index (χ1n) is 8.95. The van der Waals surface area contributed by atoms with E-state index in [4.69, 9.17) is 0 Å². The molecule has 138 valence electrons. The summed E-state index contributed by atoms with van der Waals surface area (Å²) in [6, 6.07) is 19.6. The number of aromatic nitrogens is 1. The van der Waals surface area contributed by atoms with Crippen molar-refractivity contribution in [3.63, 3.8) is 0 Å². The van der Waals surface area contributed by atoms with E-state index < -0.39 is 0 Å². The summed E-state index contributed by atoms with van der Waals surface area (Å²) in [5.41, 5.74) is 7.01. The zero-order valence-corrected chi connectivity index (χ0v) is 16.7. The second-order valence-electron chi connectivity index (χ2n) is 6.65. The molecule has 5 nitrogen and oxygen atoms in total. The van der Waals surface area contributed by atoms with Crippen molar-refractivity contribution in [3.8, 4) is 0 Å². The van der Waals surface area contributed by atoms with Crippen LogP contribution in [-0.4, -0.2) is 4.98 Å². The molecule has 28 heavy (non-hydrogen) atoms. The topological polar surface area (TPSA) is 62.3 Å². The highest BCUT2D eigenvalue weighted by atomic mass is 32.1. The Labute approximate surface area is 167 Å². The van der Waals surface area contributed by atoms with Gasteiger partial charge in [0.25, 0.3) is 0 Å². The third kappa shape index (κ3) is 4.18. The highest BCUT2D eigenvalue weighted by Gasteiger charge is 2.05. The van der Waals surface area contributed by atoms with Gasteiger partial charge in [0.15, 0.2) is 0 Å². The van der Waals surface area contributed by atoms with E-state index in [0.717, 1.165) is 27.3 Å². The van der Waals surface area contributed by atoms with Crippen LogP contribution < -0.4 is 0 Å². The van der Waals surface area contributed by atoms with Gasteiger partial charge < -0.3 is 0 Å². The Bertz CT molecular complexity index is 1130. The lowest BCUT2D eigenvalue weighted by molar-refractivity contribution is 1.20. The van der Waals surface area contributed by atoms with Gasteiger partial charge in [-0.3, -0.25) is 0 Å². The Balaban J connectivity index is 1.47. The van der Waals surface area contributed by atoms with Crippen molar-refractivity contribution < 1.29 is 0 Å². The van der Waals surface area contributed by atoms with Gasteiger partial charge in [0, 0.05) is 0 Å². The molecule has 0 fully saturated rings. The SMILES string of the molecule is Cc1ccc(N=Nc2ccc(N=Nc3nc4cc(C)c(C)cc4s3)cc2)cc1. The summed E-state index contributed by atoms with van der Waals surface area (Å²) < 4.78 is 1.13. The average Bonchev–Trinajstić information content (AvgIpc) is 3.08. The van der Waals surface area contributed by atoms with Gasteiger partial charge in [0.2, 0.25) is 5.13 Å². The van der Waals surface area contributed by atoms with Crippen molar-refractivity contribution in [3.05, 3.63) is 77.4 Å². The van der Waals surface area contributed by atoms with E-state index in [1.807, 2.05) is 55.5 Å². The third-order valence-electron chi connectivity index (χ3n) is 4.41. The molecule has 0 atom stereocenters. The van der Waals surface area contributed by atoms with Crippen molar-refractivity contribution in [2.75, 3.05) is 0 Å². The number of fused-ring (bicyclic) bond motifs is 1. The first kappa shape index (κ1) is 18.1. The molecule has 6 heteroatoms. The highest BCUT2D eigenvalue weighted by molar-refractivity contribution is 7.21. The number of nitrogens with zero attached hydrogens (tertiary/aromatic N) is 5. The minimum Gasteiger partial charge on any atom is -0.217 e. The van der Waals surface area contributed by atoms with E-state index in [1.54, 1.807) is 11.3 Å². The van der Waals surface area contributed by atoms with Crippen LogP contribution in [-0.2, 0) is 0 Å². The summed E-state index contributed by atoms with van der Waals surface area (Å²) in [5.74, 6) is 0. The van der Waals surface area contributed by atoms with Gasteiger partial charge in [-0.05, 0) is 80.4 Å². The molecule has 0 aliphatic rings. The molecule has 0 bridgehead atoms. The minimum atomic E-state index is 0.656. The van der Waals surface area contributed by atoms with Gasteiger partial charge in [-0.25, -0.2) is 4.98 Å². The molecule has 0 aliphatic heterocycles. The van der Waals surface area contributed by atoms with E-state index in [0.29, 0.717) is 5.13 Å². The summed E-state index contributed by atoms with van der Waals surface area (Å²) in [6.45, 7) is 6.24. The normalized spacial score (nSPS) is 11.8. The number of azo groups is 2. The summed E-state index contributed by atoms with van der Waals surface area (Å²) in [5, 5.41) is 17.7. The van der Waals surface area contributed by atoms with Crippen molar-refractivity contribution in [1.82, 2.24) is 4.98 Å². The van der Waals surface area contributed by atoms with Crippen LogP contribution in [0.1, 0.15) is 16.7 Å². The van der Waals surface area contributed by atoms with E-state index in [1.165, 1.54) is 16.7 Å². The Morgan fingerprint density at radius 2 is 1.14 bits per heavy atom. The molecule has 1 heterocycles. The number of thiazole rings is 1. The number of aryl methyl sites for hydroxylation is 3. The van der Waals surface area contributed by atoms with E-state index >= 15 is 0 Å². The second-order valence-corrected chi connectivity index (χ2v) is 7.66. The van der Waals surface area contributed by atoms with Crippen LogP contribution in [0.25, 0.3) is 10.2 Å². The lowest BCUT2D eigenvalue weighted by atomic mass is 10.1. The maximum atomic E-state index is 4.54. The van der Waals surface area contributed by atoms with Crippen LogP contribution in [0.2, 0.25) is 0 Å². The Morgan fingerprint density at radius 3 is 1.75 bits per heavy atom. The van der Waals surface area contributed by atoms with Gasteiger partial charge in [-0.1, -0.05) is 29.0 Å². The second kappa shape index (κ2) is 7.78. The maximum absolute atomic E-state index is 4.54.